The number of rotatable bonds is 5. The van der Waals surface area contributed by atoms with Crippen LogP contribution in [0.2, 0.25) is 0 Å². The summed E-state index contributed by atoms with van der Waals surface area (Å²) in [5, 5.41) is 3.05. The molecule has 2 saturated heterocycles. The van der Waals surface area contributed by atoms with Gasteiger partial charge >= 0.3 is 0 Å². The maximum absolute atomic E-state index is 12.0. The summed E-state index contributed by atoms with van der Waals surface area (Å²) in [6.45, 7) is 3.82. The lowest BCUT2D eigenvalue weighted by molar-refractivity contribution is -0.129. The second-order valence-corrected chi connectivity index (χ2v) is 6.76. The Morgan fingerprint density at radius 3 is 2.72 bits per heavy atom. The summed E-state index contributed by atoms with van der Waals surface area (Å²) in [5.41, 5.74) is 1.64. The van der Waals surface area contributed by atoms with Gasteiger partial charge in [0.2, 0.25) is 11.8 Å². The van der Waals surface area contributed by atoms with Crippen molar-refractivity contribution in [2.75, 3.05) is 19.8 Å². The van der Waals surface area contributed by atoms with Crippen LogP contribution < -0.4 is 5.32 Å². The first-order chi connectivity index (χ1) is 12.1. The predicted molar refractivity (Wildman–Crippen MR) is 91.7 cm³/mol. The van der Waals surface area contributed by atoms with Crippen molar-refractivity contribution in [1.29, 1.82) is 0 Å². The quantitative estimate of drug-likeness (QED) is 0.871. The molecule has 2 aliphatic heterocycles. The van der Waals surface area contributed by atoms with Crippen LogP contribution in [0, 0.1) is 0 Å². The van der Waals surface area contributed by atoms with Crippen LogP contribution in [0.4, 0.5) is 0 Å². The van der Waals surface area contributed by atoms with Crippen molar-refractivity contribution in [2.45, 2.75) is 57.5 Å². The van der Waals surface area contributed by atoms with Gasteiger partial charge in [0, 0.05) is 45.3 Å². The molecule has 7 nitrogen and oxygen atoms in total. The van der Waals surface area contributed by atoms with E-state index in [1.807, 2.05) is 4.90 Å². The molecule has 3 rings (SSSR count). The van der Waals surface area contributed by atoms with Gasteiger partial charge in [-0.15, -0.1) is 0 Å². The number of nitrogens with one attached hydrogen (secondary N) is 1. The lowest BCUT2D eigenvalue weighted by atomic mass is 10.1. The van der Waals surface area contributed by atoms with Crippen molar-refractivity contribution in [1.82, 2.24) is 20.2 Å². The van der Waals surface area contributed by atoms with Gasteiger partial charge in [0.05, 0.1) is 23.6 Å². The van der Waals surface area contributed by atoms with Crippen molar-refractivity contribution in [3.05, 3.63) is 23.8 Å². The molecule has 2 aliphatic rings. The number of aryl methyl sites for hydroxylation is 1. The van der Waals surface area contributed by atoms with E-state index < -0.39 is 0 Å². The number of nitrogens with zero attached hydrogens (tertiary/aromatic N) is 3. The minimum absolute atomic E-state index is 0.0378. The molecular weight excluding hydrogens is 320 g/mol. The summed E-state index contributed by atoms with van der Waals surface area (Å²) in [6.07, 6.45) is 8.16. The third kappa shape index (κ3) is 4.75. The molecular formula is C18H26N4O3. The second kappa shape index (κ2) is 8.38. The Hall–Kier alpha value is -2.02. The molecule has 0 unspecified atom stereocenters. The van der Waals surface area contributed by atoms with E-state index in [1.54, 1.807) is 19.3 Å². The van der Waals surface area contributed by atoms with Crippen LogP contribution in [0.25, 0.3) is 0 Å². The SMILES string of the molecule is CC(=O)N1CCC[C@@H]1c1cnc(CCC(=O)NC2CCOCC2)cn1. The Balaban J connectivity index is 1.49. The fraction of sp³-hybridized carbons (Fsp3) is 0.667. The first kappa shape index (κ1) is 17.8. The lowest BCUT2D eigenvalue weighted by Crippen LogP contribution is -2.39. The molecule has 2 fully saturated rings. The molecule has 25 heavy (non-hydrogen) atoms. The van der Waals surface area contributed by atoms with Crippen molar-refractivity contribution >= 4 is 11.8 Å². The number of ether oxygens (including phenoxy) is 1. The second-order valence-electron chi connectivity index (χ2n) is 6.76. The summed E-state index contributed by atoms with van der Waals surface area (Å²) >= 11 is 0. The zero-order valence-electron chi connectivity index (χ0n) is 14.7. The molecule has 1 atom stereocenters. The Morgan fingerprint density at radius 1 is 1.24 bits per heavy atom. The van der Waals surface area contributed by atoms with Crippen molar-refractivity contribution in [2.24, 2.45) is 0 Å². The average Bonchev–Trinajstić information content (AvgIpc) is 3.11. The van der Waals surface area contributed by atoms with Gasteiger partial charge in [0.1, 0.15) is 0 Å². The molecule has 0 saturated carbocycles. The minimum atomic E-state index is 0.0378. The summed E-state index contributed by atoms with van der Waals surface area (Å²) in [5.74, 6) is 0.134. The predicted octanol–water partition coefficient (Wildman–Crippen LogP) is 1.39. The van der Waals surface area contributed by atoms with E-state index in [1.165, 1.54) is 0 Å². The van der Waals surface area contributed by atoms with Crippen LogP contribution in [0.5, 0.6) is 0 Å². The molecule has 1 N–H and O–H groups in total. The smallest absolute Gasteiger partial charge is 0.220 e. The average molecular weight is 346 g/mol. The molecule has 1 aromatic heterocycles. The number of carbonyl (C=O) groups is 2. The molecule has 0 bridgehead atoms. The van der Waals surface area contributed by atoms with E-state index in [2.05, 4.69) is 15.3 Å². The maximum Gasteiger partial charge on any atom is 0.220 e. The lowest BCUT2D eigenvalue weighted by Gasteiger charge is -2.23. The van der Waals surface area contributed by atoms with Gasteiger partial charge in [-0.25, -0.2) is 0 Å². The van der Waals surface area contributed by atoms with Crippen molar-refractivity contribution < 1.29 is 14.3 Å². The van der Waals surface area contributed by atoms with E-state index in [0.717, 1.165) is 56.8 Å². The van der Waals surface area contributed by atoms with Crippen LogP contribution in [-0.2, 0) is 20.7 Å². The molecule has 0 aliphatic carbocycles. The van der Waals surface area contributed by atoms with Crippen molar-refractivity contribution in [3.8, 4) is 0 Å². The van der Waals surface area contributed by atoms with E-state index in [9.17, 15) is 9.59 Å². The number of aromatic nitrogens is 2. The van der Waals surface area contributed by atoms with Gasteiger partial charge in [-0.2, -0.15) is 0 Å². The van der Waals surface area contributed by atoms with Gasteiger partial charge in [0.25, 0.3) is 0 Å². The summed E-state index contributed by atoms with van der Waals surface area (Å²) in [7, 11) is 0. The number of hydrogen-bond donors (Lipinski definition) is 1. The molecule has 0 radical (unpaired) electrons. The fourth-order valence-electron chi connectivity index (χ4n) is 3.50. The Labute approximate surface area is 148 Å². The highest BCUT2D eigenvalue weighted by atomic mass is 16.5. The number of amides is 2. The Morgan fingerprint density at radius 2 is 2.04 bits per heavy atom. The first-order valence-corrected chi connectivity index (χ1v) is 9.08. The largest absolute Gasteiger partial charge is 0.381 e. The summed E-state index contributed by atoms with van der Waals surface area (Å²) in [6, 6.07) is 0.269. The number of carbonyl (C=O) groups excluding carboxylic acids is 2. The third-order valence-electron chi connectivity index (χ3n) is 4.92. The maximum atomic E-state index is 12.0. The van der Waals surface area contributed by atoms with Gasteiger partial charge in [-0.3, -0.25) is 19.6 Å². The van der Waals surface area contributed by atoms with Crippen LogP contribution in [0.3, 0.4) is 0 Å². The van der Waals surface area contributed by atoms with Gasteiger partial charge in [-0.05, 0) is 32.1 Å². The van der Waals surface area contributed by atoms with Crippen LogP contribution >= 0.6 is 0 Å². The molecule has 1 aromatic rings. The van der Waals surface area contributed by atoms with E-state index in [-0.39, 0.29) is 23.9 Å². The van der Waals surface area contributed by atoms with Crippen LogP contribution in [-0.4, -0.2) is 52.5 Å². The fourth-order valence-corrected chi connectivity index (χ4v) is 3.50. The molecule has 7 heteroatoms. The first-order valence-electron chi connectivity index (χ1n) is 9.08. The summed E-state index contributed by atoms with van der Waals surface area (Å²) < 4.78 is 5.29. The molecule has 3 heterocycles. The van der Waals surface area contributed by atoms with E-state index in [0.29, 0.717) is 12.8 Å². The zero-order chi connectivity index (χ0) is 17.6. The van der Waals surface area contributed by atoms with Gasteiger partial charge in [-0.1, -0.05) is 0 Å². The summed E-state index contributed by atoms with van der Waals surface area (Å²) in [4.78, 5) is 34.5. The number of likely N-dealkylation sites (tertiary alicyclic amines) is 1. The Kier molecular flexibility index (Phi) is 5.96. The normalized spacial score (nSPS) is 21.3. The van der Waals surface area contributed by atoms with Crippen LogP contribution in [0.15, 0.2) is 12.4 Å². The van der Waals surface area contributed by atoms with Crippen LogP contribution in [0.1, 0.15) is 56.5 Å². The third-order valence-corrected chi connectivity index (χ3v) is 4.92. The minimum Gasteiger partial charge on any atom is -0.381 e. The van der Waals surface area contributed by atoms with Crippen molar-refractivity contribution in [3.63, 3.8) is 0 Å². The van der Waals surface area contributed by atoms with E-state index in [4.69, 9.17) is 4.74 Å². The Bertz CT molecular complexity index is 599. The monoisotopic (exact) mass is 346 g/mol. The number of hydrogen-bond acceptors (Lipinski definition) is 5. The molecule has 0 spiro atoms. The highest BCUT2D eigenvalue weighted by Crippen LogP contribution is 2.30. The highest BCUT2D eigenvalue weighted by molar-refractivity contribution is 5.76. The topological polar surface area (TPSA) is 84.4 Å². The molecule has 0 aromatic carbocycles. The standard InChI is InChI=1S/C18H26N4O3/c1-13(23)22-8-2-3-17(22)16-12-19-15(11-20-16)4-5-18(24)21-14-6-9-25-10-7-14/h11-12,14,17H,2-10H2,1H3,(H,21,24)/t17-/m1/s1. The molecule has 136 valence electrons. The van der Waals surface area contributed by atoms with Gasteiger partial charge in [0.15, 0.2) is 0 Å². The molecule has 2 amide bonds. The highest BCUT2D eigenvalue weighted by Gasteiger charge is 2.29. The zero-order valence-corrected chi connectivity index (χ0v) is 14.7. The van der Waals surface area contributed by atoms with Gasteiger partial charge < -0.3 is 15.0 Å². The van der Waals surface area contributed by atoms with E-state index >= 15 is 0 Å².